The Hall–Kier alpha value is -2.05. The molecule has 1 aromatic rings. The Morgan fingerprint density at radius 2 is 2.44 bits per heavy atom. The fourth-order valence-electron chi connectivity index (χ4n) is 1.42. The predicted octanol–water partition coefficient (Wildman–Crippen LogP) is -0.537. The van der Waals surface area contributed by atoms with Crippen molar-refractivity contribution >= 4 is 11.8 Å². The lowest BCUT2D eigenvalue weighted by atomic mass is 10.5. The van der Waals surface area contributed by atoms with E-state index < -0.39 is 0 Å². The molecule has 7 heteroatoms. The minimum atomic E-state index is -0.0502. The van der Waals surface area contributed by atoms with E-state index in [1.165, 1.54) is 6.33 Å². The molecule has 1 saturated heterocycles. The second-order valence-corrected chi connectivity index (χ2v) is 3.35. The summed E-state index contributed by atoms with van der Waals surface area (Å²) in [6.45, 7) is 2.34. The van der Waals surface area contributed by atoms with E-state index in [2.05, 4.69) is 15.3 Å². The zero-order valence-electron chi connectivity index (χ0n) is 8.72. The third-order valence-corrected chi connectivity index (χ3v) is 2.22. The number of aromatic nitrogens is 2. The topological polar surface area (TPSA) is 93.4 Å². The molecule has 3 N–H and O–H groups in total. The number of nitrogen functional groups attached to an aromatic ring is 1. The summed E-state index contributed by atoms with van der Waals surface area (Å²) in [4.78, 5) is 20.5. The van der Waals surface area contributed by atoms with Crippen LogP contribution >= 0.6 is 0 Å². The van der Waals surface area contributed by atoms with E-state index in [1.54, 1.807) is 11.0 Å². The maximum atomic E-state index is 11.2. The van der Waals surface area contributed by atoms with E-state index in [-0.39, 0.29) is 6.03 Å². The highest BCUT2D eigenvalue weighted by atomic mass is 16.5. The van der Waals surface area contributed by atoms with Gasteiger partial charge in [0.15, 0.2) is 0 Å². The number of nitrogens with one attached hydrogen (secondary N) is 1. The zero-order valence-corrected chi connectivity index (χ0v) is 8.72. The second kappa shape index (κ2) is 4.65. The molecule has 0 spiro atoms. The molecule has 1 aromatic heterocycles. The number of carbonyl (C=O) groups excluding carboxylic acids is 1. The smallest absolute Gasteiger partial charge is 0.317 e. The van der Waals surface area contributed by atoms with Crippen LogP contribution in [0.15, 0.2) is 12.4 Å². The quantitative estimate of drug-likeness (QED) is 0.715. The molecule has 1 aliphatic heterocycles. The van der Waals surface area contributed by atoms with Crippen LogP contribution in [0.5, 0.6) is 5.88 Å². The average Bonchev–Trinajstić information content (AvgIpc) is 2.65. The number of amides is 2. The van der Waals surface area contributed by atoms with Crippen LogP contribution in [0.2, 0.25) is 0 Å². The van der Waals surface area contributed by atoms with Crippen molar-refractivity contribution in [2.75, 3.05) is 32.0 Å². The molecule has 86 valence electrons. The van der Waals surface area contributed by atoms with Crippen molar-refractivity contribution in [3.63, 3.8) is 0 Å². The summed E-state index contributed by atoms with van der Waals surface area (Å²) in [5, 5.41) is 2.71. The van der Waals surface area contributed by atoms with Crippen molar-refractivity contribution < 1.29 is 9.53 Å². The lowest BCUT2D eigenvalue weighted by Gasteiger charge is -2.13. The molecule has 0 aliphatic carbocycles. The molecule has 0 saturated carbocycles. The Morgan fingerprint density at radius 3 is 3.12 bits per heavy atom. The number of nitrogens with zero attached hydrogens (tertiary/aromatic N) is 3. The van der Waals surface area contributed by atoms with Gasteiger partial charge >= 0.3 is 6.03 Å². The summed E-state index contributed by atoms with van der Waals surface area (Å²) in [5.74, 6) is 0.788. The number of nitrogens with two attached hydrogens (primary N) is 1. The van der Waals surface area contributed by atoms with Crippen LogP contribution in [0.25, 0.3) is 0 Å². The van der Waals surface area contributed by atoms with Gasteiger partial charge in [0.05, 0.1) is 6.54 Å². The molecule has 1 fully saturated rings. The summed E-state index contributed by atoms with van der Waals surface area (Å²) in [7, 11) is 0. The molecular weight excluding hydrogens is 210 g/mol. The highest BCUT2D eigenvalue weighted by Gasteiger charge is 2.18. The first kappa shape index (κ1) is 10.5. The van der Waals surface area contributed by atoms with Crippen molar-refractivity contribution in [1.29, 1.82) is 0 Å². The molecule has 0 aromatic carbocycles. The molecule has 1 aliphatic rings. The Balaban J connectivity index is 1.77. The normalized spacial score (nSPS) is 15.0. The van der Waals surface area contributed by atoms with Crippen LogP contribution < -0.4 is 15.8 Å². The minimum absolute atomic E-state index is 0.0502. The van der Waals surface area contributed by atoms with E-state index in [0.29, 0.717) is 37.9 Å². The fourth-order valence-corrected chi connectivity index (χ4v) is 1.42. The molecular formula is C9H13N5O2. The first-order valence-corrected chi connectivity index (χ1v) is 4.99. The van der Waals surface area contributed by atoms with Crippen LogP contribution in [0.3, 0.4) is 0 Å². The summed E-state index contributed by atoms with van der Waals surface area (Å²) in [5.41, 5.74) is 5.47. The summed E-state index contributed by atoms with van der Waals surface area (Å²) in [6.07, 6.45) is 1.34. The predicted molar refractivity (Wildman–Crippen MR) is 56.9 cm³/mol. The van der Waals surface area contributed by atoms with Crippen molar-refractivity contribution in [3.8, 4) is 5.88 Å². The number of hydrogen-bond acceptors (Lipinski definition) is 5. The lowest BCUT2D eigenvalue weighted by molar-refractivity contribution is 0.201. The van der Waals surface area contributed by atoms with Gasteiger partial charge in [-0.25, -0.2) is 14.8 Å². The molecule has 0 atom stereocenters. The molecule has 2 amide bonds. The van der Waals surface area contributed by atoms with E-state index >= 15 is 0 Å². The molecule has 7 nitrogen and oxygen atoms in total. The van der Waals surface area contributed by atoms with Gasteiger partial charge in [0, 0.05) is 19.2 Å². The third kappa shape index (κ3) is 2.50. The van der Waals surface area contributed by atoms with Crippen molar-refractivity contribution in [1.82, 2.24) is 20.2 Å². The molecule has 0 unspecified atom stereocenters. The van der Waals surface area contributed by atoms with Crippen molar-refractivity contribution in [2.45, 2.75) is 0 Å². The van der Waals surface area contributed by atoms with Gasteiger partial charge < -0.3 is 20.7 Å². The number of rotatable bonds is 4. The summed E-state index contributed by atoms with van der Waals surface area (Å²) < 4.78 is 5.34. The van der Waals surface area contributed by atoms with E-state index in [4.69, 9.17) is 10.5 Å². The maximum Gasteiger partial charge on any atom is 0.317 e. The first-order chi connectivity index (χ1) is 7.75. The van der Waals surface area contributed by atoms with Gasteiger partial charge in [-0.2, -0.15) is 0 Å². The SMILES string of the molecule is Nc1cc(OCCN2CCNC2=O)ncn1. The average molecular weight is 223 g/mol. The van der Waals surface area contributed by atoms with Gasteiger partial charge in [0.1, 0.15) is 18.8 Å². The van der Waals surface area contributed by atoms with Gasteiger partial charge in [0.25, 0.3) is 0 Å². The largest absolute Gasteiger partial charge is 0.476 e. The standard InChI is InChI=1S/C9H13N5O2/c10-7-5-8(13-6-12-7)16-4-3-14-2-1-11-9(14)15/h5-6H,1-4H2,(H,11,15)(H2,10,12,13). The van der Waals surface area contributed by atoms with Crippen LogP contribution in [-0.2, 0) is 0 Å². The Kier molecular flexibility index (Phi) is 3.04. The Labute approximate surface area is 92.6 Å². The van der Waals surface area contributed by atoms with Crippen molar-refractivity contribution in [3.05, 3.63) is 12.4 Å². The number of hydrogen-bond donors (Lipinski definition) is 2. The summed E-state index contributed by atoms with van der Waals surface area (Å²) in [6, 6.07) is 1.50. The van der Waals surface area contributed by atoms with Crippen LogP contribution in [0, 0.1) is 0 Å². The van der Waals surface area contributed by atoms with E-state index in [0.717, 1.165) is 0 Å². The number of urea groups is 1. The highest BCUT2D eigenvalue weighted by Crippen LogP contribution is 2.07. The zero-order chi connectivity index (χ0) is 11.4. The summed E-state index contributed by atoms with van der Waals surface area (Å²) >= 11 is 0. The second-order valence-electron chi connectivity index (χ2n) is 3.35. The molecule has 0 bridgehead atoms. The fraction of sp³-hybridized carbons (Fsp3) is 0.444. The molecule has 0 radical (unpaired) electrons. The van der Waals surface area contributed by atoms with Gasteiger partial charge in [-0.05, 0) is 0 Å². The monoisotopic (exact) mass is 223 g/mol. The Bertz CT molecular complexity index is 384. The van der Waals surface area contributed by atoms with Crippen molar-refractivity contribution in [2.24, 2.45) is 0 Å². The van der Waals surface area contributed by atoms with Gasteiger partial charge in [-0.3, -0.25) is 0 Å². The Morgan fingerprint density at radius 1 is 1.56 bits per heavy atom. The number of anilines is 1. The first-order valence-electron chi connectivity index (χ1n) is 4.99. The third-order valence-electron chi connectivity index (χ3n) is 2.22. The van der Waals surface area contributed by atoms with Gasteiger partial charge in [-0.15, -0.1) is 0 Å². The lowest BCUT2D eigenvalue weighted by Crippen LogP contribution is -2.31. The molecule has 2 rings (SSSR count). The van der Waals surface area contributed by atoms with E-state index in [1.807, 2.05) is 0 Å². The minimum Gasteiger partial charge on any atom is -0.476 e. The van der Waals surface area contributed by atoms with Crippen LogP contribution in [0.1, 0.15) is 0 Å². The highest BCUT2D eigenvalue weighted by molar-refractivity contribution is 5.76. The molecule has 2 heterocycles. The van der Waals surface area contributed by atoms with Gasteiger partial charge in [-0.1, -0.05) is 0 Å². The molecule has 16 heavy (non-hydrogen) atoms. The van der Waals surface area contributed by atoms with E-state index in [9.17, 15) is 4.79 Å². The number of carbonyl (C=O) groups is 1. The maximum absolute atomic E-state index is 11.2. The van der Waals surface area contributed by atoms with Gasteiger partial charge in [0.2, 0.25) is 5.88 Å². The van der Waals surface area contributed by atoms with Crippen LogP contribution in [-0.4, -0.2) is 47.1 Å². The number of ether oxygens (including phenoxy) is 1. The van der Waals surface area contributed by atoms with Crippen LogP contribution in [0.4, 0.5) is 10.6 Å².